The SMILES string of the molecule is CC(OC(=O)CCC(=O)O)C(C)OC(=O)CCC(=O)O. The summed E-state index contributed by atoms with van der Waals surface area (Å²) in [4.78, 5) is 43.1. The summed E-state index contributed by atoms with van der Waals surface area (Å²) in [5.41, 5.74) is 0. The van der Waals surface area contributed by atoms with Crippen molar-refractivity contribution in [2.75, 3.05) is 0 Å². The maximum atomic E-state index is 11.3. The lowest BCUT2D eigenvalue weighted by atomic mass is 10.2. The van der Waals surface area contributed by atoms with Gasteiger partial charge in [0.25, 0.3) is 0 Å². The summed E-state index contributed by atoms with van der Waals surface area (Å²) >= 11 is 0. The predicted octanol–water partition coefficient (Wildman–Crippen LogP) is 0.579. The minimum absolute atomic E-state index is 0.265. The van der Waals surface area contributed by atoms with Crippen molar-refractivity contribution in [2.45, 2.75) is 51.7 Å². The molecule has 0 aliphatic carbocycles. The second-order valence-electron chi connectivity index (χ2n) is 4.18. The van der Waals surface area contributed by atoms with Crippen molar-refractivity contribution in [1.82, 2.24) is 0 Å². The molecule has 0 saturated carbocycles. The number of aliphatic carboxylic acids is 2. The second kappa shape index (κ2) is 8.89. The molecule has 0 spiro atoms. The standard InChI is InChI=1S/C12H18O8/c1-7(19-11(17)5-3-9(13)14)8(2)20-12(18)6-4-10(15)16/h7-8H,3-6H2,1-2H3,(H,13,14)(H,15,16). The van der Waals surface area contributed by atoms with E-state index in [0.717, 1.165) is 0 Å². The highest BCUT2D eigenvalue weighted by Crippen LogP contribution is 2.07. The zero-order chi connectivity index (χ0) is 15.7. The normalized spacial score (nSPS) is 13.1. The summed E-state index contributed by atoms with van der Waals surface area (Å²) in [6.45, 7) is 2.99. The van der Waals surface area contributed by atoms with Gasteiger partial charge in [0, 0.05) is 0 Å². The second-order valence-corrected chi connectivity index (χ2v) is 4.18. The first kappa shape index (κ1) is 17.9. The van der Waals surface area contributed by atoms with Gasteiger partial charge in [-0.3, -0.25) is 19.2 Å². The Morgan fingerprint density at radius 3 is 1.30 bits per heavy atom. The van der Waals surface area contributed by atoms with Crippen LogP contribution < -0.4 is 0 Å². The number of rotatable bonds is 9. The van der Waals surface area contributed by atoms with E-state index in [9.17, 15) is 19.2 Å². The molecule has 0 heterocycles. The number of carboxylic acid groups (broad SMARTS) is 2. The summed E-state index contributed by atoms with van der Waals surface area (Å²) in [6.07, 6.45) is -2.69. The first-order valence-corrected chi connectivity index (χ1v) is 6.05. The van der Waals surface area contributed by atoms with Crippen LogP contribution in [0.1, 0.15) is 39.5 Å². The van der Waals surface area contributed by atoms with E-state index in [-0.39, 0.29) is 25.7 Å². The first-order valence-electron chi connectivity index (χ1n) is 6.05. The van der Waals surface area contributed by atoms with Crippen molar-refractivity contribution in [2.24, 2.45) is 0 Å². The van der Waals surface area contributed by atoms with Gasteiger partial charge in [0.2, 0.25) is 0 Å². The third-order valence-corrected chi connectivity index (χ3v) is 2.38. The van der Waals surface area contributed by atoms with E-state index in [0.29, 0.717) is 0 Å². The zero-order valence-electron chi connectivity index (χ0n) is 11.3. The van der Waals surface area contributed by atoms with Gasteiger partial charge >= 0.3 is 23.9 Å². The van der Waals surface area contributed by atoms with Crippen molar-refractivity contribution in [3.05, 3.63) is 0 Å². The van der Waals surface area contributed by atoms with E-state index in [1.807, 2.05) is 0 Å². The first-order chi connectivity index (χ1) is 9.22. The lowest BCUT2D eigenvalue weighted by Crippen LogP contribution is -2.31. The van der Waals surface area contributed by atoms with Crippen molar-refractivity contribution >= 4 is 23.9 Å². The minimum atomic E-state index is -1.11. The van der Waals surface area contributed by atoms with Crippen molar-refractivity contribution in [1.29, 1.82) is 0 Å². The minimum Gasteiger partial charge on any atom is -0.481 e. The van der Waals surface area contributed by atoms with Crippen LogP contribution in [0.2, 0.25) is 0 Å². The van der Waals surface area contributed by atoms with Gasteiger partial charge in [-0.25, -0.2) is 0 Å². The molecule has 0 aromatic rings. The van der Waals surface area contributed by atoms with Crippen molar-refractivity contribution < 1.29 is 38.9 Å². The lowest BCUT2D eigenvalue weighted by Gasteiger charge is -2.20. The van der Waals surface area contributed by atoms with Gasteiger partial charge in [0.1, 0.15) is 12.2 Å². The number of hydrogen-bond donors (Lipinski definition) is 2. The van der Waals surface area contributed by atoms with Gasteiger partial charge in [-0.05, 0) is 13.8 Å². The molecule has 8 nitrogen and oxygen atoms in total. The van der Waals surface area contributed by atoms with Gasteiger partial charge in [0.05, 0.1) is 25.7 Å². The van der Waals surface area contributed by atoms with E-state index in [2.05, 4.69) is 0 Å². The van der Waals surface area contributed by atoms with Crippen LogP contribution in [0.25, 0.3) is 0 Å². The Labute approximate surface area is 115 Å². The molecule has 0 bridgehead atoms. The monoisotopic (exact) mass is 290 g/mol. The summed E-state index contributed by atoms with van der Waals surface area (Å²) in [7, 11) is 0. The van der Waals surface area contributed by atoms with Gasteiger partial charge in [-0.2, -0.15) is 0 Å². The lowest BCUT2D eigenvalue weighted by molar-refractivity contribution is -0.166. The zero-order valence-corrected chi connectivity index (χ0v) is 11.3. The molecular weight excluding hydrogens is 272 g/mol. The number of esters is 2. The van der Waals surface area contributed by atoms with E-state index in [1.54, 1.807) is 0 Å². The topological polar surface area (TPSA) is 127 Å². The van der Waals surface area contributed by atoms with Crippen LogP contribution in [0.3, 0.4) is 0 Å². The summed E-state index contributed by atoms with van der Waals surface area (Å²) in [5, 5.41) is 16.8. The molecule has 0 aliphatic rings. The molecule has 0 amide bonds. The molecule has 2 N–H and O–H groups in total. The Balaban J connectivity index is 4.04. The summed E-state index contributed by atoms with van der Waals surface area (Å²) in [5.74, 6) is -3.62. The largest absolute Gasteiger partial charge is 0.481 e. The van der Waals surface area contributed by atoms with Crippen LogP contribution in [-0.4, -0.2) is 46.3 Å². The molecule has 0 aromatic carbocycles. The quantitative estimate of drug-likeness (QED) is 0.590. The fourth-order valence-electron chi connectivity index (χ4n) is 1.14. The van der Waals surface area contributed by atoms with Gasteiger partial charge in [-0.15, -0.1) is 0 Å². The molecule has 0 fully saturated rings. The Kier molecular flexibility index (Phi) is 7.95. The van der Waals surface area contributed by atoms with E-state index in [4.69, 9.17) is 19.7 Å². The predicted molar refractivity (Wildman–Crippen MR) is 64.8 cm³/mol. The summed E-state index contributed by atoms with van der Waals surface area (Å²) < 4.78 is 9.79. The molecule has 0 saturated heterocycles. The average molecular weight is 290 g/mol. The van der Waals surface area contributed by atoms with E-state index < -0.39 is 36.1 Å². The van der Waals surface area contributed by atoms with Crippen LogP contribution in [0.4, 0.5) is 0 Å². The Bertz CT molecular complexity index is 340. The highest BCUT2D eigenvalue weighted by Gasteiger charge is 2.21. The highest BCUT2D eigenvalue weighted by atomic mass is 16.6. The number of carbonyl (C=O) groups excluding carboxylic acids is 2. The molecule has 0 aromatic heterocycles. The molecule has 114 valence electrons. The maximum Gasteiger partial charge on any atom is 0.306 e. The number of carbonyl (C=O) groups is 4. The molecule has 2 atom stereocenters. The third kappa shape index (κ3) is 8.90. The molecule has 0 radical (unpaired) electrons. The molecule has 20 heavy (non-hydrogen) atoms. The number of carboxylic acids is 2. The van der Waals surface area contributed by atoms with Crippen LogP contribution in [0, 0.1) is 0 Å². The Hall–Kier alpha value is -2.12. The molecule has 2 unspecified atom stereocenters. The third-order valence-electron chi connectivity index (χ3n) is 2.38. The Morgan fingerprint density at radius 1 is 0.750 bits per heavy atom. The van der Waals surface area contributed by atoms with Crippen LogP contribution in [0.15, 0.2) is 0 Å². The summed E-state index contributed by atoms with van der Waals surface area (Å²) in [6, 6.07) is 0. The van der Waals surface area contributed by atoms with Crippen LogP contribution in [-0.2, 0) is 28.7 Å². The molecule has 0 aliphatic heterocycles. The van der Waals surface area contributed by atoms with Gasteiger partial charge in [-0.1, -0.05) is 0 Å². The van der Waals surface area contributed by atoms with E-state index in [1.165, 1.54) is 13.8 Å². The van der Waals surface area contributed by atoms with Crippen LogP contribution >= 0.6 is 0 Å². The van der Waals surface area contributed by atoms with Gasteiger partial charge < -0.3 is 19.7 Å². The fraction of sp³-hybridized carbons (Fsp3) is 0.667. The maximum absolute atomic E-state index is 11.3. The van der Waals surface area contributed by atoms with Crippen molar-refractivity contribution in [3.63, 3.8) is 0 Å². The number of hydrogen-bond acceptors (Lipinski definition) is 6. The van der Waals surface area contributed by atoms with Crippen molar-refractivity contribution in [3.8, 4) is 0 Å². The molecule has 8 heteroatoms. The smallest absolute Gasteiger partial charge is 0.306 e. The molecular formula is C12H18O8. The fourth-order valence-corrected chi connectivity index (χ4v) is 1.14. The van der Waals surface area contributed by atoms with Crippen LogP contribution in [0.5, 0.6) is 0 Å². The average Bonchev–Trinajstić information content (AvgIpc) is 2.33. The molecule has 0 rings (SSSR count). The van der Waals surface area contributed by atoms with Gasteiger partial charge in [0.15, 0.2) is 0 Å². The Morgan fingerprint density at radius 2 is 1.05 bits per heavy atom. The highest BCUT2D eigenvalue weighted by molar-refractivity contribution is 5.77. The van der Waals surface area contributed by atoms with E-state index >= 15 is 0 Å². The number of ether oxygens (including phenoxy) is 2.